The van der Waals surface area contributed by atoms with Crippen molar-refractivity contribution in [3.05, 3.63) is 28.8 Å². The van der Waals surface area contributed by atoms with Crippen molar-refractivity contribution in [3.63, 3.8) is 0 Å². The van der Waals surface area contributed by atoms with Crippen molar-refractivity contribution in [2.45, 2.75) is 18.9 Å². The van der Waals surface area contributed by atoms with Crippen LogP contribution in [0.5, 0.6) is 5.75 Å². The molecule has 0 aliphatic heterocycles. The van der Waals surface area contributed by atoms with E-state index in [9.17, 15) is 9.59 Å². The summed E-state index contributed by atoms with van der Waals surface area (Å²) >= 11 is 5.82. The van der Waals surface area contributed by atoms with Crippen LogP contribution in [0.2, 0.25) is 5.02 Å². The lowest BCUT2D eigenvalue weighted by Gasteiger charge is -2.32. The molecule has 19 heavy (non-hydrogen) atoms. The minimum atomic E-state index is -0.811. The van der Waals surface area contributed by atoms with Gasteiger partial charge in [-0.15, -0.1) is 0 Å². The van der Waals surface area contributed by atoms with Gasteiger partial charge in [-0.3, -0.25) is 9.59 Å². The summed E-state index contributed by atoms with van der Waals surface area (Å²) in [6.07, 6.45) is 0.938. The van der Waals surface area contributed by atoms with Crippen LogP contribution in [0.1, 0.15) is 23.2 Å². The average molecular weight is 284 g/mol. The van der Waals surface area contributed by atoms with Crippen LogP contribution in [-0.4, -0.2) is 30.1 Å². The highest BCUT2D eigenvalue weighted by Gasteiger charge is 2.35. The third kappa shape index (κ3) is 2.98. The number of methoxy groups -OCH3 is 1. The molecule has 0 atom stereocenters. The Bertz CT molecular complexity index is 511. The quantitative estimate of drug-likeness (QED) is 0.885. The van der Waals surface area contributed by atoms with Gasteiger partial charge in [0.25, 0.3) is 5.91 Å². The number of amides is 1. The Labute approximate surface area is 115 Å². The second kappa shape index (κ2) is 5.48. The van der Waals surface area contributed by atoms with Gasteiger partial charge in [0.1, 0.15) is 5.75 Å². The molecule has 1 aliphatic carbocycles. The Morgan fingerprint density at radius 3 is 2.68 bits per heavy atom. The summed E-state index contributed by atoms with van der Waals surface area (Å²) in [5.41, 5.74) is 0.394. The van der Waals surface area contributed by atoms with Crippen molar-refractivity contribution < 1.29 is 19.4 Å². The van der Waals surface area contributed by atoms with Crippen LogP contribution in [0.4, 0.5) is 0 Å². The number of benzene rings is 1. The largest absolute Gasteiger partial charge is 0.496 e. The summed E-state index contributed by atoms with van der Waals surface area (Å²) in [7, 11) is 1.46. The third-order valence-electron chi connectivity index (χ3n) is 3.23. The van der Waals surface area contributed by atoms with Crippen LogP contribution >= 0.6 is 11.6 Å². The maximum atomic E-state index is 12.0. The highest BCUT2D eigenvalue weighted by atomic mass is 35.5. The Hall–Kier alpha value is -1.75. The summed E-state index contributed by atoms with van der Waals surface area (Å²) in [6, 6.07) is 4.68. The predicted octanol–water partition coefficient (Wildman–Crippen LogP) is 1.94. The Morgan fingerprint density at radius 1 is 1.42 bits per heavy atom. The number of carboxylic acid groups (broad SMARTS) is 1. The highest BCUT2D eigenvalue weighted by Crippen LogP contribution is 2.29. The Morgan fingerprint density at radius 2 is 2.11 bits per heavy atom. The Balaban J connectivity index is 1.99. The number of carboxylic acids is 1. The summed E-state index contributed by atoms with van der Waals surface area (Å²) in [5, 5.41) is 12.0. The van der Waals surface area contributed by atoms with Crippen LogP contribution in [0, 0.1) is 5.92 Å². The second-order valence-electron chi connectivity index (χ2n) is 4.52. The van der Waals surface area contributed by atoms with Crippen LogP contribution in [0.25, 0.3) is 0 Å². The molecule has 0 unspecified atom stereocenters. The van der Waals surface area contributed by atoms with Gasteiger partial charge < -0.3 is 15.2 Å². The number of nitrogens with one attached hydrogen (secondary N) is 1. The van der Waals surface area contributed by atoms with E-state index in [0.29, 0.717) is 29.2 Å². The minimum Gasteiger partial charge on any atom is -0.496 e. The minimum absolute atomic E-state index is 0.0889. The van der Waals surface area contributed by atoms with Gasteiger partial charge in [-0.1, -0.05) is 11.6 Å². The molecule has 0 aromatic heterocycles. The van der Waals surface area contributed by atoms with Crippen LogP contribution in [-0.2, 0) is 4.79 Å². The number of ether oxygens (including phenoxy) is 1. The molecule has 1 amide bonds. The van der Waals surface area contributed by atoms with Gasteiger partial charge in [0, 0.05) is 11.1 Å². The van der Waals surface area contributed by atoms with Crippen molar-refractivity contribution >= 4 is 23.5 Å². The number of hydrogen-bond donors (Lipinski definition) is 2. The fourth-order valence-electron chi connectivity index (χ4n) is 2.05. The van der Waals surface area contributed by atoms with E-state index in [2.05, 4.69) is 5.32 Å². The first-order valence-corrected chi connectivity index (χ1v) is 6.26. The summed E-state index contributed by atoms with van der Waals surface area (Å²) < 4.78 is 5.10. The standard InChI is InChI=1S/C13H14ClNO4/c1-19-11-6-8(14)2-3-10(11)12(16)15-9-4-7(5-9)13(17)18/h2-3,6-7,9H,4-5H2,1H3,(H,15,16)(H,17,18). The molecule has 0 bridgehead atoms. The number of carbonyl (C=O) groups excluding carboxylic acids is 1. The Kier molecular flexibility index (Phi) is 3.95. The van der Waals surface area contributed by atoms with E-state index >= 15 is 0 Å². The fraction of sp³-hybridized carbons (Fsp3) is 0.385. The molecule has 1 saturated carbocycles. The lowest BCUT2D eigenvalue weighted by Crippen LogP contribution is -2.46. The molecule has 0 heterocycles. The molecule has 6 heteroatoms. The molecule has 1 aromatic carbocycles. The fourth-order valence-corrected chi connectivity index (χ4v) is 2.22. The number of carbonyl (C=O) groups is 2. The molecule has 1 aliphatic rings. The lowest BCUT2D eigenvalue weighted by atomic mass is 9.80. The molecule has 2 N–H and O–H groups in total. The van der Waals surface area contributed by atoms with Crippen molar-refractivity contribution in [3.8, 4) is 5.75 Å². The SMILES string of the molecule is COc1cc(Cl)ccc1C(=O)NC1CC(C(=O)O)C1. The van der Waals surface area contributed by atoms with E-state index in [-0.39, 0.29) is 17.9 Å². The van der Waals surface area contributed by atoms with Crippen molar-refractivity contribution in [1.29, 1.82) is 0 Å². The first kappa shape index (κ1) is 13.7. The zero-order chi connectivity index (χ0) is 14.0. The predicted molar refractivity (Wildman–Crippen MR) is 69.6 cm³/mol. The van der Waals surface area contributed by atoms with Gasteiger partial charge in [-0.2, -0.15) is 0 Å². The number of aliphatic carboxylic acids is 1. The first-order valence-electron chi connectivity index (χ1n) is 5.88. The first-order chi connectivity index (χ1) is 9.01. The van der Waals surface area contributed by atoms with E-state index in [1.54, 1.807) is 18.2 Å². The summed E-state index contributed by atoms with van der Waals surface area (Å²) in [6.45, 7) is 0. The topological polar surface area (TPSA) is 75.6 Å². The van der Waals surface area contributed by atoms with Gasteiger partial charge in [0.15, 0.2) is 0 Å². The van der Waals surface area contributed by atoms with E-state index in [4.69, 9.17) is 21.4 Å². The van der Waals surface area contributed by atoms with Gasteiger partial charge in [0.05, 0.1) is 18.6 Å². The molecule has 102 valence electrons. The van der Waals surface area contributed by atoms with Gasteiger partial charge in [-0.25, -0.2) is 0 Å². The number of rotatable bonds is 4. The summed E-state index contributed by atoms with van der Waals surface area (Å²) in [4.78, 5) is 22.7. The molecule has 2 rings (SSSR count). The van der Waals surface area contributed by atoms with Crippen LogP contribution in [0.15, 0.2) is 18.2 Å². The van der Waals surface area contributed by atoms with Crippen LogP contribution in [0.3, 0.4) is 0 Å². The highest BCUT2D eigenvalue weighted by molar-refractivity contribution is 6.30. The maximum Gasteiger partial charge on any atom is 0.306 e. The molecular weight excluding hydrogens is 270 g/mol. The number of halogens is 1. The molecule has 1 fully saturated rings. The molecule has 0 saturated heterocycles. The molecule has 5 nitrogen and oxygen atoms in total. The molecule has 0 radical (unpaired) electrons. The lowest BCUT2D eigenvalue weighted by molar-refractivity contribution is -0.145. The third-order valence-corrected chi connectivity index (χ3v) is 3.47. The molecule has 0 spiro atoms. The second-order valence-corrected chi connectivity index (χ2v) is 4.96. The zero-order valence-electron chi connectivity index (χ0n) is 10.4. The molecular formula is C13H14ClNO4. The molecule has 1 aromatic rings. The normalized spacial score (nSPS) is 21.4. The van der Waals surface area contributed by atoms with E-state index < -0.39 is 5.97 Å². The smallest absolute Gasteiger partial charge is 0.306 e. The van der Waals surface area contributed by atoms with E-state index in [1.807, 2.05) is 0 Å². The zero-order valence-corrected chi connectivity index (χ0v) is 11.1. The van der Waals surface area contributed by atoms with Crippen LogP contribution < -0.4 is 10.1 Å². The monoisotopic (exact) mass is 283 g/mol. The van der Waals surface area contributed by atoms with Gasteiger partial charge in [0.2, 0.25) is 0 Å². The van der Waals surface area contributed by atoms with E-state index in [1.165, 1.54) is 7.11 Å². The van der Waals surface area contributed by atoms with Crippen molar-refractivity contribution in [1.82, 2.24) is 5.32 Å². The van der Waals surface area contributed by atoms with Crippen molar-refractivity contribution in [2.75, 3.05) is 7.11 Å². The number of hydrogen-bond acceptors (Lipinski definition) is 3. The maximum absolute atomic E-state index is 12.0. The van der Waals surface area contributed by atoms with Crippen molar-refractivity contribution in [2.24, 2.45) is 5.92 Å². The van der Waals surface area contributed by atoms with Gasteiger partial charge >= 0.3 is 5.97 Å². The summed E-state index contributed by atoms with van der Waals surface area (Å²) in [5.74, 6) is -1.03. The average Bonchev–Trinajstić information content (AvgIpc) is 2.32. The van der Waals surface area contributed by atoms with E-state index in [0.717, 1.165) is 0 Å². The van der Waals surface area contributed by atoms with Gasteiger partial charge in [-0.05, 0) is 31.0 Å².